The third-order valence-electron chi connectivity index (χ3n) is 3.47. The van der Waals surface area contributed by atoms with Crippen molar-refractivity contribution in [2.24, 2.45) is 4.99 Å². The van der Waals surface area contributed by atoms with Gasteiger partial charge in [-0.25, -0.2) is 0 Å². The summed E-state index contributed by atoms with van der Waals surface area (Å²) in [6.07, 6.45) is 1.82. The van der Waals surface area contributed by atoms with Crippen molar-refractivity contribution >= 4 is 21.9 Å². The van der Waals surface area contributed by atoms with Crippen LogP contribution in [0.15, 0.2) is 52.1 Å². The molecule has 1 N–H and O–H groups in total. The summed E-state index contributed by atoms with van der Waals surface area (Å²) >= 11 is 3.58. The lowest BCUT2D eigenvalue weighted by Crippen LogP contribution is -2.38. The van der Waals surface area contributed by atoms with Gasteiger partial charge in [0.05, 0.1) is 12.2 Å². The van der Waals surface area contributed by atoms with Gasteiger partial charge in [-0.2, -0.15) is 0 Å². The number of guanidine groups is 1. The van der Waals surface area contributed by atoms with Gasteiger partial charge in [0.2, 0.25) is 0 Å². The van der Waals surface area contributed by atoms with Crippen molar-refractivity contribution in [3.8, 4) is 0 Å². The highest BCUT2D eigenvalue weighted by atomic mass is 79.9. The number of nitrogens with one attached hydrogen (secondary N) is 1. The van der Waals surface area contributed by atoms with Gasteiger partial charge in [0, 0.05) is 31.3 Å². The van der Waals surface area contributed by atoms with Crippen LogP contribution in [0.4, 0.5) is 0 Å². The zero-order chi connectivity index (χ0) is 15.9. The molecular formula is C17H21BrN4. The molecule has 0 saturated heterocycles. The molecule has 4 nitrogen and oxygen atoms in total. The predicted octanol–water partition coefficient (Wildman–Crippen LogP) is 3.36. The zero-order valence-electron chi connectivity index (χ0n) is 13.2. The molecule has 0 spiro atoms. The summed E-state index contributed by atoms with van der Waals surface area (Å²) in [5.74, 6) is 0.848. The molecule has 1 aromatic heterocycles. The van der Waals surface area contributed by atoms with Crippen LogP contribution in [-0.2, 0) is 13.1 Å². The molecule has 1 heterocycles. The Balaban J connectivity index is 2.00. The van der Waals surface area contributed by atoms with Crippen molar-refractivity contribution in [1.29, 1.82) is 0 Å². The number of pyridine rings is 1. The molecule has 116 valence electrons. The SMILES string of the molecule is CN=C(NCc1ncccc1C)N(C)Cc1ccccc1Br. The van der Waals surface area contributed by atoms with E-state index in [9.17, 15) is 0 Å². The number of halogens is 1. The van der Waals surface area contributed by atoms with E-state index in [1.807, 2.05) is 31.4 Å². The van der Waals surface area contributed by atoms with E-state index < -0.39 is 0 Å². The summed E-state index contributed by atoms with van der Waals surface area (Å²) in [4.78, 5) is 10.8. The molecule has 2 aromatic rings. The molecule has 0 amide bonds. The van der Waals surface area contributed by atoms with Gasteiger partial charge in [0.15, 0.2) is 5.96 Å². The van der Waals surface area contributed by atoms with E-state index in [0.717, 1.165) is 22.7 Å². The minimum Gasteiger partial charge on any atom is -0.351 e. The van der Waals surface area contributed by atoms with E-state index in [1.54, 1.807) is 7.05 Å². The van der Waals surface area contributed by atoms with Crippen LogP contribution >= 0.6 is 15.9 Å². The molecular weight excluding hydrogens is 340 g/mol. The second kappa shape index (κ2) is 7.94. The van der Waals surface area contributed by atoms with Gasteiger partial charge in [-0.1, -0.05) is 40.2 Å². The van der Waals surface area contributed by atoms with Gasteiger partial charge < -0.3 is 10.2 Å². The van der Waals surface area contributed by atoms with Crippen LogP contribution in [0, 0.1) is 6.92 Å². The average molecular weight is 361 g/mol. The number of aryl methyl sites for hydroxylation is 1. The van der Waals surface area contributed by atoms with Crippen molar-refractivity contribution in [3.05, 3.63) is 63.9 Å². The Morgan fingerprint density at radius 3 is 2.73 bits per heavy atom. The predicted molar refractivity (Wildman–Crippen MR) is 94.8 cm³/mol. The Bertz CT molecular complexity index is 655. The molecule has 0 aliphatic heterocycles. The lowest BCUT2D eigenvalue weighted by Gasteiger charge is -2.22. The van der Waals surface area contributed by atoms with Crippen LogP contribution in [0.1, 0.15) is 16.8 Å². The Kier molecular flexibility index (Phi) is 5.95. The van der Waals surface area contributed by atoms with E-state index in [4.69, 9.17) is 0 Å². The van der Waals surface area contributed by atoms with Gasteiger partial charge >= 0.3 is 0 Å². The van der Waals surface area contributed by atoms with Gasteiger partial charge in [-0.15, -0.1) is 0 Å². The van der Waals surface area contributed by atoms with Crippen LogP contribution in [0.2, 0.25) is 0 Å². The summed E-state index contributed by atoms with van der Waals surface area (Å²) < 4.78 is 1.11. The van der Waals surface area contributed by atoms with Crippen molar-refractivity contribution in [3.63, 3.8) is 0 Å². The summed E-state index contributed by atoms with van der Waals surface area (Å²) in [6, 6.07) is 12.2. The van der Waals surface area contributed by atoms with Gasteiger partial charge in [-0.3, -0.25) is 9.98 Å². The topological polar surface area (TPSA) is 40.5 Å². The molecule has 2 rings (SSSR count). The van der Waals surface area contributed by atoms with Crippen LogP contribution in [0.25, 0.3) is 0 Å². The highest BCUT2D eigenvalue weighted by Gasteiger charge is 2.09. The van der Waals surface area contributed by atoms with E-state index in [-0.39, 0.29) is 0 Å². The van der Waals surface area contributed by atoms with E-state index in [0.29, 0.717) is 6.54 Å². The van der Waals surface area contributed by atoms with E-state index in [1.165, 1.54) is 11.1 Å². The fourth-order valence-electron chi connectivity index (χ4n) is 2.21. The maximum absolute atomic E-state index is 4.40. The average Bonchev–Trinajstić information content (AvgIpc) is 2.52. The molecule has 0 atom stereocenters. The second-order valence-electron chi connectivity index (χ2n) is 5.12. The Morgan fingerprint density at radius 1 is 1.27 bits per heavy atom. The third kappa shape index (κ3) is 4.31. The fraction of sp³-hybridized carbons (Fsp3) is 0.294. The molecule has 5 heteroatoms. The molecule has 0 fully saturated rings. The van der Waals surface area contributed by atoms with Gasteiger partial charge in [0.1, 0.15) is 0 Å². The third-order valence-corrected chi connectivity index (χ3v) is 4.24. The van der Waals surface area contributed by atoms with Crippen molar-refractivity contribution in [2.45, 2.75) is 20.0 Å². The Hall–Kier alpha value is -1.88. The standard InChI is InChI=1S/C17H21BrN4/c1-13-7-6-10-20-16(13)11-21-17(19-2)22(3)12-14-8-4-5-9-15(14)18/h4-10H,11-12H2,1-3H3,(H,19,21). The molecule has 22 heavy (non-hydrogen) atoms. The molecule has 0 bridgehead atoms. The Labute approximate surface area is 140 Å². The first-order valence-corrected chi connectivity index (χ1v) is 7.97. The van der Waals surface area contributed by atoms with Crippen LogP contribution in [0.5, 0.6) is 0 Å². The molecule has 0 unspecified atom stereocenters. The molecule has 0 saturated carbocycles. The van der Waals surface area contributed by atoms with Gasteiger partial charge in [-0.05, 0) is 30.2 Å². The summed E-state index contributed by atoms with van der Waals surface area (Å²) in [7, 11) is 3.82. The first-order chi connectivity index (χ1) is 10.6. The minimum absolute atomic E-state index is 0.666. The maximum atomic E-state index is 4.40. The molecule has 0 radical (unpaired) electrons. The molecule has 1 aromatic carbocycles. The quantitative estimate of drug-likeness (QED) is 0.671. The van der Waals surface area contributed by atoms with Crippen LogP contribution < -0.4 is 5.32 Å². The number of hydrogen-bond donors (Lipinski definition) is 1. The zero-order valence-corrected chi connectivity index (χ0v) is 14.8. The number of hydrogen-bond acceptors (Lipinski definition) is 2. The lowest BCUT2D eigenvalue weighted by molar-refractivity contribution is 0.475. The number of rotatable bonds is 4. The van der Waals surface area contributed by atoms with Crippen molar-refractivity contribution in [1.82, 2.24) is 15.2 Å². The van der Waals surface area contributed by atoms with Crippen LogP contribution in [0.3, 0.4) is 0 Å². The first kappa shape index (κ1) is 16.5. The monoisotopic (exact) mass is 360 g/mol. The van der Waals surface area contributed by atoms with E-state index >= 15 is 0 Å². The largest absolute Gasteiger partial charge is 0.351 e. The summed E-state index contributed by atoms with van der Waals surface area (Å²) in [6.45, 7) is 3.51. The smallest absolute Gasteiger partial charge is 0.194 e. The number of nitrogens with zero attached hydrogens (tertiary/aromatic N) is 3. The number of aromatic nitrogens is 1. The molecule has 0 aliphatic carbocycles. The molecule has 0 aliphatic rings. The first-order valence-electron chi connectivity index (χ1n) is 7.17. The second-order valence-corrected chi connectivity index (χ2v) is 5.97. The minimum atomic E-state index is 0.666. The van der Waals surface area contributed by atoms with Gasteiger partial charge in [0.25, 0.3) is 0 Å². The normalized spacial score (nSPS) is 11.4. The summed E-state index contributed by atoms with van der Waals surface area (Å²) in [5.41, 5.74) is 3.44. The van der Waals surface area contributed by atoms with E-state index in [2.05, 4.69) is 61.2 Å². The van der Waals surface area contributed by atoms with Crippen molar-refractivity contribution < 1.29 is 0 Å². The number of aliphatic imine (C=N–C) groups is 1. The number of benzene rings is 1. The maximum Gasteiger partial charge on any atom is 0.194 e. The Morgan fingerprint density at radius 2 is 2.05 bits per heavy atom. The fourth-order valence-corrected chi connectivity index (χ4v) is 2.62. The lowest BCUT2D eigenvalue weighted by atomic mass is 10.2. The summed E-state index contributed by atoms with van der Waals surface area (Å²) in [5, 5.41) is 3.36. The van der Waals surface area contributed by atoms with Crippen LogP contribution in [-0.4, -0.2) is 29.9 Å². The van der Waals surface area contributed by atoms with Crippen molar-refractivity contribution in [2.75, 3.05) is 14.1 Å². The highest BCUT2D eigenvalue weighted by molar-refractivity contribution is 9.10. The highest BCUT2D eigenvalue weighted by Crippen LogP contribution is 2.17.